The molecule has 6 nitrogen and oxygen atoms in total. The molecule has 0 fully saturated rings. The van der Waals surface area contributed by atoms with E-state index in [4.69, 9.17) is 4.52 Å². The van der Waals surface area contributed by atoms with Crippen molar-refractivity contribution in [3.8, 4) is 0 Å². The van der Waals surface area contributed by atoms with Crippen molar-refractivity contribution in [3.63, 3.8) is 0 Å². The average molecular weight is 351 g/mol. The van der Waals surface area contributed by atoms with Gasteiger partial charge in [-0.15, -0.1) is 30.6 Å². The predicted octanol–water partition coefficient (Wildman–Crippen LogP) is 1.24. The average Bonchev–Trinajstić information content (AvgIpc) is 2.68. The van der Waals surface area contributed by atoms with Crippen LogP contribution in [0.5, 0.6) is 0 Å². The van der Waals surface area contributed by atoms with E-state index in [1.807, 2.05) is 6.92 Å². The largest absolute Gasteiger partial charge is 0.357 e. The Balaban J connectivity index is 0.00000256. The van der Waals surface area contributed by atoms with Gasteiger partial charge in [0, 0.05) is 20.0 Å². The normalized spacial score (nSPS) is 10.6. The maximum absolute atomic E-state index is 4.85. The zero-order valence-electron chi connectivity index (χ0n) is 10.1. The number of aromatic nitrogens is 2. The first kappa shape index (κ1) is 15.9. The summed E-state index contributed by atoms with van der Waals surface area (Å²) in [6.07, 6.45) is 1.77. The van der Waals surface area contributed by atoms with Crippen molar-refractivity contribution < 1.29 is 4.52 Å². The molecule has 0 aliphatic carbocycles. The number of aliphatic imine (C=N–C) groups is 1. The van der Waals surface area contributed by atoms with Gasteiger partial charge in [0.15, 0.2) is 11.8 Å². The lowest BCUT2D eigenvalue weighted by molar-refractivity contribution is 0.387. The standard InChI is InChI=1S/C10H17N5O.HI/c1-4-6-12-10(11-5-2)13-7-9-14-8(3)16-15-9;/h4H,1,5-7H2,2-3H3,(H2,11,12,13);1H. The lowest BCUT2D eigenvalue weighted by Gasteiger charge is -2.08. The van der Waals surface area contributed by atoms with E-state index in [0.29, 0.717) is 30.8 Å². The molecule has 0 saturated heterocycles. The number of guanidine groups is 1. The molecular weight excluding hydrogens is 333 g/mol. The van der Waals surface area contributed by atoms with E-state index in [0.717, 1.165) is 6.54 Å². The Bertz CT molecular complexity index is 363. The van der Waals surface area contributed by atoms with E-state index >= 15 is 0 Å². The first-order valence-corrected chi connectivity index (χ1v) is 5.18. The van der Waals surface area contributed by atoms with Crippen LogP contribution in [0.15, 0.2) is 22.2 Å². The van der Waals surface area contributed by atoms with Gasteiger partial charge in [0.25, 0.3) is 0 Å². The summed E-state index contributed by atoms with van der Waals surface area (Å²) in [7, 11) is 0. The van der Waals surface area contributed by atoms with Crippen LogP contribution < -0.4 is 10.6 Å². The molecule has 1 rings (SSSR count). The fraction of sp³-hybridized carbons (Fsp3) is 0.500. The van der Waals surface area contributed by atoms with Crippen LogP contribution in [0.4, 0.5) is 0 Å². The Hall–Kier alpha value is -1.12. The molecule has 0 aliphatic rings. The second-order valence-corrected chi connectivity index (χ2v) is 3.09. The molecule has 1 aromatic heterocycles. The molecule has 0 amide bonds. The van der Waals surface area contributed by atoms with Gasteiger partial charge in [-0.1, -0.05) is 11.2 Å². The van der Waals surface area contributed by atoms with E-state index in [1.165, 1.54) is 0 Å². The van der Waals surface area contributed by atoms with Crippen LogP contribution in [0.3, 0.4) is 0 Å². The third kappa shape index (κ3) is 6.25. The van der Waals surface area contributed by atoms with Crippen LogP contribution in [0.25, 0.3) is 0 Å². The monoisotopic (exact) mass is 351 g/mol. The Morgan fingerprint density at radius 2 is 2.29 bits per heavy atom. The zero-order chi connectivity index (χ0) is 11.8. The highest BCUT2D eigenvalue weighted by Gasteiger charge is 2.01. The van der Waals surface area contributed by atoms with Crippen molar-refractivity contribution in [2.45, 2.75) is 20.4 Å². The third-order valence-electron chi connectivity index (χ3n) is 1.71. The summed E-state index contributed by atoms with van der Waals surface area (Å²) >= 11 is 0. The molecule has 0 aliphatic heterocycles. The second kappa shape index (κ2) is 8.97. The molecule has 0 saturated carbocycles. The molecule has 0 aromatic carbocycles. The Morgan fingerprint density at radius 3 is 2.82 bits per heavy atom. The minimum atomic E-state index is 0. The van der Waals surface area contributed by atoms with Crippen molar-refractivity contribution in [2.75, 3.05) is 13.1 Å². The zero-order valence-corrected chi connectivity index (χ0v) is 12.4. The number of rotatable bonds is 5. The predicted molar refractivity (Wildman–Crippen MR) is 77.5 cm³/mol. The fourth-order valence-electron chi connectivity index (χ4n) is 1.07. The highest BCUT2D eigenvalue weighted by atomic mass is 127. The lowest BCUT2D eigenvalue weighted by Crippen LogP contribution is -2.37. The fourth-order valence-corrected chi connectivity index (χ4v) is 1.07. The van der Waals surface area contributed by atoms with Crippen LogP contribution >= 0.6 is 24.0 Å². The summed E-state index contributed by atoms with van der Waals surface area (Å²) in [6, 6.07) is 0. The van der Waals surface area contributed by atoms with Gasteiger partial charge in [-0.2, -0.15) is 4.98 Å². The van der Waals surface area contributed by atoms with Gasteiger partial charge in [-0.05, 0) is 6.92 Å². The van der Waals surface area contributed by atoms with Crippen LogP contribution in [-0.2, 0) is 6.54 Å². The van der Waals surface area contributed by atoms with Crippen molar-refractivity contribution in [2.24, 2.45) is 4.99 Å². The number of aryl methyl sites for hydroxylation is 1. The number of hydrogen-bond acceptors (Lipinski definition) is 4. The molecule has 0 atom stereocenters. The number of halogens is 1. The first-order chi connectivity index (χ1) is 7.76. The van der Waals surface area contributed by atoms with Gasteiger partial charge in [0.1, 0.15) is 6.54 Å². The first-order valence-electron chi connectivity index (χ1n) is 5.18. The number of nitrogens with zero attached hydrogens (tertiary/aromatic N) is 3. The van der Waals surface area contributed by atoms with Gasteiger partial charge in [0.2, 0.25) is 5.89 Å². The summed E-state index contributed by atoms with van der Waals surface area (Å²) in [6.45, 7) is 9.24. The molecule has 17 heavy (non-hydrogen) atoms. The van der Waals surface area contributed by atoms with Gasteiger partial charge in [-0.25, -0.2) is 4.99 Å². The van der Waals surface area contributed by atoms with Crippen molar-refractivity contribution in [1.82, 2.24) is 20.8 Å². The SMILES string of the molecule is C=CCNC(=NCc1noc(C)n1)NCC.I. The summed E-state index contributed by atoms with van der Waals surface area (Å²) < 4.78 is 4.85. The highest BCUT2D eigenvalue weighted by Crippen LogP contribution is 1.96. The van der Waals surface area contributed by atoms with E-state index in [1.54, 1.807) is 13.0 Å². The Morgan fingerprint density at radius 1 is 1.53 bits per heavy atom. The Kier molecular flexibility index (Phi) is 8.38. The number of nitrogens with one attached hydrogen (secondary N) is 2. The Labute approximate surface area is 118 Å². The highest BCUT2D eigenvalue weighted by molar-refractivity contribution is 14.0. The van der Waals surface area contributed by atoms with E-state index in [9.17, 15) is 0 Å². The van der Waals surface area contributed by atoms with E-state index in [-0.39, 0.29) is 24.0 Å². The smallest absolute Gasteiger partial charge is 0.223 e. The maximum atomic E-state index is 4.85. The van der Waals surface area contributed by atoms with Gasteiger partial charge in [0.05, 0.1) is 0 Å². The van der Waals surface area contributed by atoms with Crippen molar-refractivity contribution in [1.29, 1.82) is 0 Å². The topological polar surface area (TPSA) is 75.3 Å². The minimum absolute atomic E-state index is 0. The lowest BCUT2D eigenvalue weighted by atomic mass is 10.6. The van der Waals surface area contributed by atoms with Gasteiger partial charge in [-0.3, -0.25) is 0 Å². The third-order valence-corrected chi connectivity index (χ3v) is 1.71. The molecule has 0 spiro atoms. The molecule has 7 heteroatoms. The van der Waals surface area contributed by atoms with Crippen LogP contribution in [0.1, 0.15) is 18.6 Å². The van der Waals surface area contributed by atoms with Crippen molar-refractivity contribution in [3.05, 3.63) is 24.4 Å². The summed E-state index contributed by atoms with van der Waals surface area (Å²) in [5.41, 5.74) is 0. The molecular formula is C10H18IN5O. The molecule has 1 heterocycles. The summed E-state index contributed by atoms with van der Waals surface area (Å²) in [5, 5.41) is 9.94. The second-order valence-electron chi connectivity index (χ2n) is 3.09. The molecule has 1 aromatic rings. The molecule has 0 bridgehead atoms. The molecule has 0 radical (unpaired) electrons. The molecule has 2 N–H and O–H groups in total. The van der Waals surface area contributed by atoms with E-state index in [2.05, 4.69) is 32.3 Å². The number of hydrogen-bond donors (Lipinski definition) is 2. The minimum Gasteiger partial charge on any atom is -0.357 e. The van der Waals surface area contributed by atoms with Crippen LogP contribution in [0.2, 0.25) is 0 Å². The summed E-state index contributed by atoms with van der Waals surface area (Å²) in [4.78, 5) is 8.36. The van der Waals surface area contributed by atoms with E-state index < -0.39 is 0 Å². The molecule has 0 unspecified atom stereocenters. The van der Waals surface area contributed by atoms with Gasteiger partial charge < -0.3 is 15.2 Å². The summed E-state index contributed by atoms with van der Waals surface area (Å²) in [5.74, 6) is 1.84. The van der Waals surface area contributed by atoms with Crippen LogP contribution in [-0.4, -0.2) is 29.2 Å². The van der Waals surface area contributed by atoms with Crippen molar-refractivity contribution >= 4 is 29.9 Å². The van der Waals surface area contributed by atoms with Gasteiger partial charge >= 0.3 is 0 Å². The molecule has 96 valence electrons. The van der Waals surface area contributed by atoms with Crippen LogP contribution in [0, 0.1) is 6.92 Å². The quantitative estimate of drug-likeness (QED) is 0.361. The maximum Gasteiger partial charge on any atom is 0.223 e.